The van der Waals surface area contributed by atoms with Gasteiger partial charge in [0.25, 0.3) is 5.91 Å². The second-order valence-electron chi connectivity index (χ2n) is 6.71. The lowest BCUT2D eigenvalue weighted by atomic mass is 9.95. The third-order valence-corrected chi connectivity index (χ3v) is 8.66. The second kappa shape index (κ2) is 9.57. The van der Waals surface area contributed by atoms with Crippen LogP contribution in [0.1, 0.15) is 24.2 Å². The summed E-state index contributed by atoms with van der Waals surface area (Å²) in [4.78, 5) is 38.9. The summed E-state index contributed by atoms with van der Waals surface area (Å²) in [5, 5.41) is 2.69. The molecule has 2 rings (SSSR count). The van der Waals surface area contributed by atoms with Crippen molar-refractivity contribution < 1.29 is 28.6 Å². The average Bonchev–Trinajstić information content (AvgIpc) is 2.73. The van der Waals surface area contributed by atoms with Gasteiger partial charge in [-0.2, -0.15) is 0 Å². The summed E-state index contributed by atoms with van der Waals surface area (Å²) in [6, 6.07) is 3.23. The summed E-state index contributed by atoms with van der Waals surface area (Å²) < 4.78 is 14.7. The number of benzene rings is 1. The first-order valence-electron chi connectivity index (χ1n) is 8.50. The summed E-state index contributed by atoms with van der Waals surface area (Å²) in [7, 11) is 5.41. The fraction of sp³-hybridized carbons (Fsp3) is 0.500. The molecule has 2 amide bonds. The molecule has 0 aromatic heterocycles. The van der Waals surface area contributed by atoms with Crippen LogP contribution in [-0.2, 0) is 14.3 Å². The van der Waals surface area contributed by atoms with Crippen LogP contribution in [0.25, 0.3) is 0 Å². The van der Waals surface area contributed by atoms with Crippen molar-refractivity contribution in [1.29, 1.82) is 0 Å². The van der Waals surface area contributed by atoms with Crippen molar-refractivity contribution in [2.24, 2.45) is 0 Å². The van der Waals surface area contributed by atoms with Crippen LogP contribution in [0.3, 0.4) is 0 Å². The Balaban J connectivity index is 2.25. The van der Waals surface area contributed by atoms with E-state index in [2.05, 4.69) is 36.1 Å². The van der Waals surface area contributed by atoms with Crippen LogP contribution >= 0.6 is 40.9 Å². The number of esters is 1. The quantitative estimate of drug-likeness (QED) is 0.229. The Kier molecular flexibility index (Phi) is 7.86. The van der Waals surface area contributed by atoms with Crippen LogP contribution in [0.15, 0.2) is 18.2 Å². The van der Waals surface area contributed by atoms with Crippen molar-refractivity contribution in [3.63, 3.8) is 0 Å². The zero-order valence-electron chi connectivity index (χ0n) is 16.5. The van der Waals surface area contributed by atoms with Gasteiger partial charge >= 0.3 is 5.97 Å². The molecule has 1 fully saturated rings. The monoisotopic (exact) mass is 552 g/mol. The highest BCUT2D eigenvalue weighted by Crippen LogP contribution is 2.41. The molecule has 1 saturated heterocycles. The van der Waals surface area contributed by atoms with Gasteiger partial charge in [-0.3, -0.25) is 9.59 Å². The topological polar surface area (TPSA) is 94.2 Å². The van der Waals surface area contributed by atoms with E-state index in [-0.39, 0.29) is 5.56 Å². The number of nitrogens with one attached hydrogen (secondary N) is 1. The van der Waals surface area contributed by atoms with Gasteiger partial charge in [0.15, 0.2) is 0 Å². The summed E-state index contributed by atoms with van der Waals surface area (Å²) in [6.45, 7) is 3.62. The number of methoxy groups -OCH3 is 3. The molecule has 0 saturated carbocycles. The summed E-state index contributed by atoms with van der Waals surface area (Å²) in [5.74, 6) is -0.831. The van der Waals surface area contributed by atoms with Crippen LogP contribution in [0.2, 0.25) is 0 Å². The number of carbonyl (C=O) groups is 3. The van der Waals surface area contributed by atoms with Gasteiger partial charge in [0.2, 0.25) is 5.91 Å². The Hall–Kier alpha value is -1.46. The molecule has 1 N–H and O–H groups in total. The van der Waals surface area contributed by atoms with Crippen LogP contribution in [-0.4, -0.2) is 65.8 Å². The molecule has 0 bridgehead atoms. The van der Waals surface area contributed by atoms with Crippen molar-refractivity contribution in [2.75, 3.05) is 21.3 Å². The maximum Gasteiger partial charge on any atom is 0.330 e. The molecule has 0 radical (unpaired) electrons. The van der Waals surface area contributed by atoms with Gasteiger partial charge in [0.05, 0.1) is 26.1 Å². The van der Waals surface area contributed by atoms with Crippen molar-refractivity contribution in [3.05, 3.63) is 23.8 Å². The Morgan fingerprint density at radius 3 is 2.17 bits per heavy atom. The lowest BCUT2D eigenvalue weighted by Gasteiger charge is -2.50. The highest BCUT2D eigenvalue weighted by molar-refractivity contribution is 9.50. The summed E-state index contributed by atoms with van der Waals surface area (Å²) in [5.41, 5.74) is 0.185. The number of rotatable bonds is 8. The van der Waals surface area contributed by atoms with Crippen LogP contribution in [0.5, 0.6) is 11.5 Å². The third-order valence-electron chi connectivity index (χ3n) is 4.56. The number of carbonyl (C=O) groups excluding carboxylic acids is 3. The zero-order chi connectivity index (χ0) is 21.9. The van der Waals surface area contributed by atoms with Gasteiger partial charge in [-0.25, -0.2) is 4.79 Å². The maximum absolute atomic E-state index is 12.9. The standard InChI is InChI=1S/C18H22Br2N2O6S/c1-18(2,29-20)13(17(25)28-5)22-14(19)12(16(22)24)21-15(23)11-9(26-3)7-6-8-10(11)27-4/h6-8,12-14H,1-5H3,(H,21,23). The van der Waals surface area contributed by atoms with Gasteiger partial charge in [-0.05, 0) is 40.8 Å². The molecule has 3 atom stereocenters. The van der Waals surface area contributed by atoms with Crippen molar-refractivity contribution in [2.45, 2.75) is 35.6 Å². The Morgan fingerprint density at radius 2 is 1.76 bits per heavy atom. The Labute approximate surface area is 189 Å². The third kappa shape index (κ3) is 4.51. The van der Waals surface area contributed by atoms with E-state index >= 15 is 0 Å². The van der Waals surface area contributed by atoms with E-state index in [0.717, 1.165) is 0 Å². The molecule has 8 nitrogen and oxygen atoms in total. The Bertz CT molecular complexity index is 784. The van der Waals surface area contributed by atoms with Crippen molar-refractivity contribution >= 4 is 58.7 Å². The molecule has 1 aromatic carbocycles. The minimum Gasteiger partial charge on any atom is -0.496 e. The first-order valence-corrected chi connectivity index (χ1v) is 12.1. The number of β-lactam (4-membered cyclic amide) rings is 1. The number of nitrogens with zero attached hydrogens (tertiary/aromatic N) is 1. The van der Waals surface area contributed by atoms with Gasteiger partial charge in [-0.1, -0.05) is 32.2 Å². The van der Waals surface area contributed by atoms with Gasteiger partial charge in [0, 0.05) is 0 Å². The lowest BCUT2D eigenvalue weighted by Crippen LogP contribution is -2.74. The Morgan fingerprint density at radius 1 is 1.21 bits per heavy atom. The van der Waals surface area contributed by atoms with Crippen LogP contribution in [0.4, 0.5) is 0 Å². The molecule has 0 aliphatic carbocycles. The number of hydrogen-bond acceptors (Lipinski definition) is 7. The van der Waals surface area contributed by atoms with Crippen molar-refractivity contribution in [3.8, 4) is 11.5 Å². The van der Waals surface area contributed by atoms with E-state index in [0.29, 0.717) is 11.5 Å². The number of likely N-dealkylation sites (tertiary alicyclic amines) is 1. The first kappa shape index (κ1) is 23.8. The largest absolute Gasteiger partial charge is 0.496 e. The van der Waals surface area contributed by atoms with Gasteiger partial charge in [-0.15, -0.1) is 0 Å². The highest BCUT2D eigenvalue weighted by Gasteiger charge is 2.56. The fourth-order valence-electron chi connectivity index (χ4n) is 3.05. The molecule has 160 valence electrons. The van der Waals surface area contributed by atoms with E-state index in [1.165, 1.54) is 36.4 Å². The molecule has 1 aromatic rings. The summed E-state index contributed by atoms with van der Waals surface area (Å²) >= 11 is 6.73. The van der Waals surface area contributed by atoms with Crippen LogP contribution < -0.4 is 14.8 Å². The van der Waals surface area contributed by atoms with E-state index < -0.39 is 39.6 Å². The maximum atomic E-state index is 12.9. The molecule has 1 aliphatic rings. The molecule has 11 heteroatoms. The molecule has 1 aliphatic heterocycles. The number of alkyl halides is 1. The minimum absolute atomic E-state index is 0.185. The molecule has 0 spiro atoms. The number of halogens is 2. The summed E-state index contributed by atoms with van der Waals surface area (Å²) in [6.07, 6.45) is 0. The van der Waals surface area contributed by atoms with Crippen LogP contribution in [0, 0.1) is 0 Å². The van der Waals surface area contributed by atoms with E-state index in [9.17, 15) is 14.4 Å². The molecule has 29 heavy (non-hydrogen) atoms. The number of amides is 2. The highest BCUT2D eigenvalue weighted by atomic mass is 79.9. The van der Waals surface area contributed by atoms with Crippen molar-refractivity contribution in [1.82, 2.24) is 10.2 Å². The predicted molar refractivity (Wildman–Crippen MR) is 117 cm³/mol. The molecule has 3 unspecified atom stereocenters. The SMILES string of the molecule is COC(=O)C(N1C(=O)C(NC(=O)c2c(OC)cccc2OC)C1Br)C(C)(C)SBr. The van der Waals surface area contributed by atoms with E-state index in [4.69, 9.17) is 14.2 Å². The first-order chi connectivity index (χ1) is 13.6. The second-order valence-corrected chi connectivity index (χ2v) is 9.83. The normalized spacial score (nSPS) is 19.8. The molecular formula is C18H22Br2N2O6S. The van der Waals surface area contributed by atoms with E-state index in [1.807, 2.05) is 13.8 Å². The smallest absolute Gasteiger partial charge is 0.330 e. The molecular weight excluding hydrogens is 532 g/mol. The molecule has 1 heterocycles. The van der Waals surface area contributed by atoms with Gasteiger partial charge in [0.1, 0.15) is 34.1 Å². The predicted octanol–water partition coefficient (Wildman–Crippen LogP) is 2.73. The average molecular weight is 554 g/mol. The number of hydrogen-bond donors (Lipinski definition) is 1. The minimum atomic E-state index is -0.861. The zero-order valence-corrected chi connectivity index (χ0v) is 20.5. The number of ether oxygens (including phenoxy) is 3. The fourth-order valence-corrected chi connectivity index (χ4v) is 4.67. The van der Waals surface area contributed by atoms with E-state index in [1.54, 1.807) is 18.2 Å². The lowest BCUT2D eigenvalue weighted by molar-refractivity contribution is -0.163. The van der Waals surface area contributed by atoms with Gasteiger partial charge < -0.3 is 24.4 Å².